The SMILES string of the molecule is CCCCCCCC/C=C\CCCCCCCCOC(=O)OC(C/C=C\CCCCCCCCOC(=O)CCN(CCCN(C)C)CCC(=O)OCCCCCCCC/C=C\CC(CCCCCC)OC(=O)OCCCCCCCC/C=C\CCCCCCCC)CCCCCC. The first kappa shape index (κ1) is 93.4. The fourth-order valence-electron chi connectivity index (χ4n) is 12.2. The predicted molar refractivity (Wildman–Crippen MR) is 412 cm³/mol. The van der Waals surface area contributed by atoms with Crippen LogP contribution in [0.1, 0.15) is 394 Å². The summed E-state index contributed by atoms with van der Waals surface area (Å²) >= 11 is 0. The fourth-order valence-corrected chi connectivity index (χ4v) is 12.2. The van der Waals surface area contributed by atoms with Gasteiger partial charge in [-0.15, -0.1) is 0 Å². The summed E-state index contributed by atoms with van der Waals surface area (Å²) in [5, 5.41) is 0. The van der Waals surface area contributed by atoms with Crippen molar-refractivity contribution >= 4 is 24.2 Å². The summed E-state index contributed by atoms with van der Waals surface area (Å²) < 4.78 is 33.9. The minimum Gasteiger partial charge on any atom is -0.466 e. The Hall–Kier alpha value is -3.64. The largest absolute Gasteiger partial charge is 0.508 e. The molecule has 2 atom stereocenters. The van der Waals surface area contributed by atoms with Crippen molar-refractivity contribution < 1.29 is 47.6 Å². The van der Waals surface area contributed by atoms with Crippen LogP contribution in [0.5, 0.6) is 0 Å². The lowest BCUT2D eigenvalue weighted by atomic mass is 10.1. The summed E-state index contributed by atoms with van der Waals surface area (Å²) in [6, 6.07) is 0. The van der Waals surface area contributed by atoms with Gasteiger partial charge in [0.25, 0.3) is 0 Å². The Labute approximate surface area is 599 Å². The van der Waals surface area contributed by atoms with Crippen LogP contribution in [0.3, 0.4) is 0 Å². The number of esters is 2. The monoisotopic (exact) mass is 1370 g/mol. The highest BCUT2D eigenvalue weighted by molar-refractivity contribution is 5.70. The van der Waals surface area contributed by atoms with Crippen LogP contribution >= 0.6 is 0 Å². The second-order valence-electron chi connectivity index (χ2n) is 28.4. The molecule has 0 saturated carbocycles. The summed E-state index contributed by atoms with van der Waals surface area (Å²) in [5.74, 6) is -0.343. The number of hydrogen-bond donors (Lipinski definition) is 0. The molecule has 0 aliphatic rings. The summed E-state index contributed by atoms with van der Waals surface area (Å²) in [7, 11) is 4.13. The predicted octanol–water partition coefficient (Wildman–Crippen LogP) is 25.5. The number of nitrogens with zero attached hydrogens (tertiary/aromatic N) is 2. The van der Waals surface area contributed by atoms with E-state index in [0.29, 0.717) is 52.4 Å². The highest BCUT2D eigenvalue weighted by Crippen LogP contribution is 2.19. The first-order valence-electron chi connectivity index (χ1n) is 41.6. The van der Waals surface area contributed by atoms with Gasteiger partial charge in [0.15, 0.2) is 0 Å². The Morgan fingerprint density at radius 1 is 0.278 bits per heavy atom. The molecule has 0 N–H and O–H groups in total. The third-order valence-electron chi connectivity index (χ3n) is 18.6. The van der Waals surface area contributed by atoms with Gasteiger partial charge < -0.3 is 38.2 Å². The molecule has 0 amide bonds. The Balaban J connectivity index is 4.24. The van der Waals surface area contributed by atoms with E-state index in [-0.39, 0.29) is 24.1 Å². The zero-order chi connectivity index (χ0) is 70.5. The molecule has 0 radical (unpaired) electrons. The zero-order valence-electron chi connectivity index (χ0n) is 64.7. The van der Waals surface area contributed by atoms with Crippen LogP contribution < -0.4 is 0 Å². The van der Waals surface area contributed by atoms with Gasteiger partial charge in [-0.2, -0.15) is 0 Å². The third-order valence-corrected chi connectivity index (χ3v) is 18.6. The molecule has 12 heteroatoms. The van der Waals surface area contributed by atoms with E-state index < -0.39 is 12.3 Å². The van der Waals surface area contributed by atoms with Gasteiger partial charge in [-0.3, -0.25) is 9.59 Å². The molecule has 0 spiro atoms. The molecular formula is C85H158N2O10. The van der Waals surface area contributed by atoms with Crippen LogP contribution in [-0.4, -0.2) is 113 Å². The van der Waals surface area contributed by atoms with Gasteiger partial charge in [-0.05, 0) is 162 Å². The van der Waals surface area contributed by atoms with Gasteiger partial charge in [0.1, 0.15) is 12.2 Å². The van der Waals surface area contributed by atoms with Gasteiger partial charge in [0, 0.05) is 25.9 Å². The second kappa shape index (κ2) is 78.1. The number of hydrogen-bond acceptors (Lipinski definition) is 12. The Kier molecular flexibility index (Phi) is 75.2. The smallest absolute Gasteiger partial charge is 0.466 e. The van der Waals surface area contributed by atoms with Crippen molar-refractivity contribution in [3.05, 3.63) is 48.6 Å². The molecule has 2 unspecified atom stereocenters. The van der Waals surface area contributed by atoms with Gasteiger partial charge in [-0.25, -0.2) is 9.59 Å². The first-order chi connectivity index (χ1) is 47.6. The number of ether oxygens (including phenoxy) is 6. The maximum atomic E-state index is 12.8. The minimum atomic E-state index is -0.515. The van der Waals surface area contributed by atoms with Crippen LogP contribution in [0.25, 0.3) is 0 Å². The standard InChI is InChI=1S/C85H158N2O10/c1-7-11-15-19-21-23-25-27-29-31-33-35-41-49-55-63-78-94-84(90)96-80(66-57-17-13-9-3)68-59-51-45-39-37-43-47-53-61-76-92-82(88)70-74-87(73-65-72-86(5)6)75-71-83(89)93-77-62-54-48-44-38-40-46-52-60-69-81(67-58-18-14-10-4)97-85(91)95-79-64-56-50-42-36-34-32-30-28-26-24-22-20-16-12-8-2/h27-30,51-52,59-60,80-81H,7-26,31-50,53-58,61-79H2,1-6H3/b29-27-,30-28-,59-51-,60-52-. The summed E-state index contributed by atoms with van der Waals surface area (Å²) in [4.78, 5) is 55.1. The van der Waals surface area contributed by atoms with Gasteiger partial charge in [0.05, 0.1) is 39.3 Å². The van der Waals surface area contributed by atoms with E-state index in [1.165, 1.54) is 193 Å². The highest BCUT2D eigenvalue weighted by Gasteiger charge is 2.17. The summed E-state index contributed by atoms with van der Waals surface area (Å²) in [5.41, 5.74) is 0. The van der Waals surface area contributed by atoms with Crippen LogP contribution in [0.2, 0.25) is 0 Å². The normalized spacial score (nSPS) is 12.5. The Bertz CT molecular complexity index is 1680. The van der Waals surface area contributed by atoms with E-state index in [4.69, 9.17) is 28.4 Å². The summed E-state index contributed by atoms with van der Waals surface area (Å²) in [6.07, 6.45) is 81.4. The molecule has 0 aromatic rings. The molecule has 97 heavy (non-hydrogen) atoms. The van der Waals surface area contributed by atoms with Crippen LogP contribution in [-0.2, 0) is 38.0 Å². The molecule has 568 valence electrons. The van der Waals surface area contributed by atoms with E-state index in [9.17, 15) is 19.2 Å². The quantitative estimate of drug-likeness (QED) is 0.0249. The van der Waals surface area contributed by atoms with Crippen LogP contribution in [0.4, 0.5) is 9.59 Å². The molecule has 0 rings (SSSR count). The van der Waals surface area contributed by atoms with Gasteiger partial charge >= 0.3 is 24.2 Å². The maximum Gasteiger partial charge on any atom is 0.508 e. The van der Waals surface area contributed by atoms with Crippen molar-refractivity contribution in [1.82, 2.24) is 9.80 Å². The van der Waals surface area contributed by atoms with E-state index in [0.717, 1.165) is 174 Å². The maximum absolute atomic E-state index is 12.8. The van der Waals surface area contributed by atoms with E-state index >= 15 is 0 Å². The molecule has 0 bridgehead atoms. The molecule has 0 aliphatic carbocycles. The lowest BCUT2D eigenvalue weighted by Crippen LogP contribution is -2.32. The first-order valence-corrected chi connectivity index (χ1v) is 41.6. The average Bonchev–Trinajstić information content (AvgIpc) is 3.63. The van der Waals surface area contributed by atoms with Crippen molar-refractivity contribution in [1.29, 1.82) is 0 Å². The van der Waals surface area contributed by atoms with E-state index in [1.54, 1.807) is 0 Å². The van der Waals surface area contributed by atoms with Crippen LogP contribution in [0, 0.1) is 0 Å². The lowest BCUT2D eigenvalue weighted by Gasteiger charge is -2.22. The van der Waals surface area contributed by atoms with Crippen LogP contribution in [0.15, 0.2) is 48.6 Å². The molecule has 0 saturated heterocycles. The van der Waals surface area contributed by atoms with Crippen molar-refractivity contribution in [2.75, 3.05) is 66.7 Å². The van der Waals surface area contributed by atoms with Crippen molar-refractivity contribution in [2.45, 2.75) is 406 Å². The number of unbranched alkanes of at least 4 members (excludes halogenated alkanes) is 42. The van der Waals surface area contributed by atoms with Crippen molar-refractivity contribution in [3.63, 3.8) is 0 Å². The second-order valence-corrected chi connectivity index (χ2v) is 28.4. The topological polar surface area (TPSA) is 130 Å². The minimum absolute atomic E-state index is 0.131. The molecular weight excluding hydrogens is 1210 g/mol. The van der Waals surface area contributed by atoms with E-state index in [2.05, 4.69) is 100 Å². The summed E-state index contributed by atoms with van der Waals surface area (Å²) in [6.45, 7) is 13.7. The number of rotatable bonds is 76. The number of carbonyl (C=O) groups excluding carboxylic acids is 4. The fraction of sp³-hybridized carbons (Fsp3) is 0.859. The molecule has 0 aromatic carbocycles. The number of carbonyl (C=O) groups is 4. The lowest BCUT2D eigenvalue weighted by molar-refractivity contribution is -0.144. The van der Waals surface area contributed by atoms with Gasteiger partial charge in [0.2, 0.25) is 0 Å². The van der Waals surface area contributed by atoms with Gasteiger partial charge in [-0.1, -0.05) is 282 Å². The average molecular weight is 1370 g/mol. The molecule has 0 heterocycles. The third kappa shape index (κ3) is 74.9. The highest BCUT2D eigenvalue weighted by atomic mass is 16.7. The Morgan fingerprint density at radius 2 is 0.536 bits per heavy atom. The molecule has 0 aliphatic heterocycles. The molecule has 0 aromatic heterocycles. The molecule has 12 nitrogen and oxygen atoms in total. The zero-order valence-corrected chi connectivity index (χ0v) is 64.7. The van der Waals surface area contributed by atoms with Crippen molar-refractivity contribution in [3.8, 4) is 0 Å². The number of allylic oxidation sites excluding steroid dienone is 6. The Morgan fingerprint density at radius 3 is 0.835 bits per heavy atom. The molecule has 0 fully saturated rings. The van der Waals surface area contributed by atoms with E-state index in [1.807, 2.05) is 0 Å². The van der Waals surface area contributed by atoms with Crippen molar-refractivity contribution in [2.24, 2.45) is 0 Å².